The lowest BCUT2D eigenvalue weighted by atomic mass is 9.79. The van der Waals surface area contributed by atoms with Gasteiger partial charge in [-0.25, -0.2) is 0 Å². The summed E-state index contributed by atoms with van der Waals surface area (Å²) in [5.41, 5.74) is 9.20. The molecule has 4 aromatic carbocycles. The van der Waals surface area contributed by atoms with Crippen LogP contribution in [0.4, 0.5) is 0 Å². The lowest BCUT2D eigenvalue weighted by Crippen LogP contribution is -2.16. The third kappa shape index (κ3) is 3.86. The molecule has 1 nitrogen and oxygen atoms in total. The largest absolute Gasteiger partial charge is 0.309 e. The van der Waals surface area contributed by atoms with Crippen molar-refractivity contribution < 1.29 is 0 Å². The molecule has 0 aliphatic carbocycles. The van der Waals surface area contributed by atoms with Crippen molar-refractivity contribution in [1.82, 2.24) is 4.57 Å². The van der Waals surface area contributed by atoms with Crippen molar-refractivity contribution in [3.05, 3.63) is 102 Å². The zero-order chi connectivity index (χ0) is 23.4. The molecule has 33 heavy (non-hydrogen) atoms. The summed E-state index contributed by atoms with van der Waals surface area (Å²) in [6.07, 6.45) is 0. The van der Waals surface area contributed by atoms with Crippen LogP contribution in [0.15, 0.2) is 91.0 Å². The van der Waals surface area contributed by atoms with E-state index in [2.05, 4.69) is 137 Å². The van der Waals surface area contributed by atoms with E-state index in [-0.39, 0.29) is 10.8 Å². The van der Waals surface area contributed by atoms with Crippen LogP contribution in [0.5, 0.6) is 0 Å². The van der Waals surface area contributed by atoms with Crippen LogP contribution in [0.3, 0.4) is 0 Å². The number of fused-ring (bicyclic) bond motifs is 3. The molecule has 0 spiro atoms. The number of nitrogens with zero attached hydrogens (tertiary/aromatic N) is 1. The first kappa shape index (κ1) is 21.5. The molecule has 0 fully saturated rings. The third-order valence-electron chi connectivity index (χ3n) is 6.69. The van der Waals surface area contributed by atoms with Crippen molar-refractivity contribution in [2.75, 3.05) is 0 Å². The highest BCUT2D eigenvalue weighted by Crippen LogP contribution is 2.37. The zero-order valence-electron chi connectivity index (χ0n) is 20.6. The molecule has 1 heterocycles. The van der Waals surface area contributed by atoms with E-state index in [4.69, 9.17) is 0 Å². The van der Waals surface area contributed by atoms with Crippen LogP contribution in [0.2, 0.25) is 0 Å². The van der Waals surface area contributed by atoms with Gasteiger partial charge in [0.2, 0.25) is 0 Å². The molecule has 0 radical (unpaired) electrons. The van der Waals surface area contributed by atoms with Crippen LogP contribution in [0.25, 0.3) is 38.6 Å². The van der Waals surface area contributed by atoms with E-state index in [0.29, 0.717) is 0 Å². The van der Waals surface area contributed by atoms with Gasteiger partial charge in [0.05, 0.1) is 11.0 Å². The van der Waals surface area contributed by atoms with Gasteiger partial charge in [0.1, 0.15) is 0 Å². The minimum atomic E-state index is 0.0963. The lowest BCUT2D eigenvalue weighted by Gasteiger charge is -2.26. The van der Waals surface area contributed by atoms with Gasteiger partial charge in [0, 0.05) is 16.5 Å². The molecule has 0 unspecified atom stereocenters. The summed E-state index contributed by atoms with van der Waals surface area (Å²) in [5, 5.41) is 2.59. The maximum Gasteiger partial charge on any atom is 0.0547 e. The van der Waals surface area contributed by atoms with E-state index in [1.54, 1.807) is 0 Å². The highest BCUT2D eigenvalue weighted by Gasteiger charge is 2.21. The summed E-state index contributed by atoms with van der Waals surface area (Å²) in [7, 11) is 0. The van der Waals surface area contributed by atoms with Crippen molar-refractivity contribution in [2.45, 2.75) is 52.4 Å². The number of benzene rings is 4. The Balaban J connectivity index is 1.80. The first-order chi connectivity index (χ1) is 15.6. The Morgan fingerprint density at radius 2 is 1.06 bits per heavy atom. The van der Waals surface area contributed by atoms with E-state index < -0.39 is 0 Å². The van der Waals surface area contributed by atoms with E-state index >= 15 is 0 Å². The van der Waals surface area contributed by atoms with Gasteiger partial charge in [-0.1, -0.05) is 108 Å². The summed E-state index contributed by atoms with van der Waals surface area (Å²) >= 11 is 0. The topological polar surface area (TPSA) is 4.93 Å². The molecule has 0 atom stereocenters. The predicted octanol–water partition coefficient (Wildman–Crippen LogP) is 9.05. The first-order valence-electron chi connectivity index (χ1n) is 11.9. The van der Waals surface area contributed by atoms with Gasteiger partial charge in [-0.05, 0) is 57.3 Å². The van der Waals surface area contributed by atoms with Crippen LogP contribution in [0, 0.1) is 0 Å². The fourth-order valence-corrected chi connectivity index (χ4v) is 4.67. The standard InChI is InChI=1S/C32H33N/c1-31(2,3)24-18-23(19-25(21-24)32(4,5)6)22-16-17-28-27-14-10-11-15-29(27)33(30(28)20-22)26-12-8-7-9-13-26/h7-21H,1-6H3. The van der Waals surface area contributed by atoms with E-state index in [9.17, 15) is 0 Å². The molecule has 0 amide bonds. The number of aromatic nitrogens is 1. The van der Waals surface area contributed by atoms with E-state index in [0.717, 1.165) is 0 Å². The Bertz CT molecular complexity index is 1420. The number of rotatable bonds is 2. The van der Waals surface area contributed by atoms with Crippen LogP contribution in [-0.4, -0.2) is 4.57 Å². The number of hydrogen-bond acceptors (Lipinski definition) is 0. The average Bonchev–Trinajstić information content (AvgIpc) is 3.12. The van der Waals surface area contributed by atoms with Gasteiger partial charge in [0.25, 0.3) is 0 Å². The zero-order valence-corrected chi connectivity index (χ0v) is 20.6. The fraction of sp³-hybridized carbons (Fsp3) is 0.250. The molecular weight excluding hydrogens is 398 g/mol. The summed E-state index contributed by atoms with van der Waals surface area (Å²) < 4.78 is 2.40. The summed E-state index contributed by atoms with van der Waals surface area (Å²) in [4.78, 5) is 0. The molecule has 0 bridgehead atoms. The summed E-state index contributed by atoms with van der Waals surface area (Å²) in [5.74, 6) is 0. The molecule has 5 rings (SSSR count). The second kappa shape index (κ2) is 7.63. The van der Waals surface area contributed by atoms with Crippen molar-refractivity contribution >= 4 is 21.8 Å². The van der Waals surface area contributed by atoms with Gasteiger partial charge in [-0.15, -0.1) is 0 Å². The third-order valence-corrected chi connectivity index (χ3v) is 6.69. The van der Waals surface area contributed by atoms with Crippen LogP contribution >= 0.6 is 0 Å². The van der Waals surface area contributed by atoms with Gasteiger partial charge in [-0.2, -0.15) is 0 Å². The molecule has 166 valence electrons. The Morgan fingerprint density at radius 3 is 1.70 bits per heavy atom. The molecule has 0 saturated carbocycles. The highest BCUT2D eigenvalue weighted by atomic mass is 15.0. The molecule has 0 N–H and O–H groups in total. The fourth-order valence-electron chi connectivity index (χ4n) is 4.67. The molecule has 0 aliphatic heterocycles. The molecule has 5 aromatic rings. The maximum absolute atomic E-state index is 2.40. The molecular formula is C32H33N. The predicted molar refractivity (Wildman–Crippen MR) is 144 cm³/mol. The Kier molecular flexibility index (Phi) is 4.97. The molecule has 1 heteroatoms. The monoisotopic (exact) mass is 431 g/mol. The van der Waals surface area contributed by atoms with E-state index in [1.165, 1.54) is 49.7 Å². The summed E-state index contributed by atoms with van der Waals surface area (Å²) in [6.45, 7) is 13.8. The number of para-hydroxylation sites is 2. The average molecular weight is 432 g/mol. The smallest absolute Gasteiger partial charge is 0.0547 e. The first-order valence-corrected chi connectivity index (χ1v) is 11.9. The lowest BCUT2D eigenvalue weighted by molar-refractivity contribution is 0.569. The second-order valence-electron chi connectivity index (χ2n) is 11.2. The van der Waals surface area contributed by atoms with Gasteiger partial charge >= 0.3 is 0 Å². The maximum atomic E-state index is 2.40. The molecule has 1 aromatic heterocycles. The van der Waals surface area contributed by atoms with Crippen LogP contribution < -0.4 is 0 Å². The molecule has 0 aliphatic rings. The Labute approximate surface area is 197 Å². The van der Waals surface area contributed by atoms with Gasteiger partial charge < -0.3 is 4.57 Å². The van der Waals surface area contributed by atoms with Gasteiger partial charge in [-0.3, -0.25) is 0 Å². The van der Waals surface area contributed by atoms with Crippen LogP contribution in [-0.2, 0) is 10.8 Å². The number of hydrogen-bond donors (Lipinski definition) is 0. The Hall–Kier alpha value is -3.32. The quantitative estimate of drug-likeness (QED) is 0.263. The van der Waals surface area contributed by atoms with Crippen molar-refractivity contribution in [2.24, 2.45) is 0 Å². The van der Waals surface area contributed by atoms with Gasteiger partial charge in [0.15, 0.2) is 0 Å². The minimum absolute atomic E-state index is 0.0963. The van der Waals surface area contributed by atoms with Crippen molar-refractivity contribution in [3.63, 3.8) is 0 Å². The Morgan fingerprint density at radius 1 is 0.485 bits per heavy atom. The molecule has 0 saturated heterocycles. The second-order valence-corrected chi connectivity index (χ2v) is 11.2. The van der Waals surface area contributed by atoms with Crippen LogP contribution in [0.1, 0.15) is 52.7 Å². The highest BCUT2D eigenvalue weighted by molar-refractivity contribution is 6.10. The SMILES string of the molecule is CC(C)(C)c1cc(-c2ccc3c4ccccc4n(-c4ccccc4)c3c2)cc(C(C)(C)C)c1. The van der Waals surface area contributed by atoms with Crippen molar-refractivity contribution in [3.8, 4) is 16.8 Å². The summed E-state index contributed by atoms with van der Waals surface area (Å²) in [6, 6.07) is 33.5. The van der Waals surface area contributed by atoms with E-state index in [1.807, 2.05) is 0 Å². The normalized spacial score (nSPS) is 12.5. The van der Waals surface area contributed by atoms with Crippen molar-refractivity contribution in [1.29, 1.82) is 0 Å². The minimum Gasteiger partial charge on any atom is -0.309 e.